The predicted octanol–water partition coefficient (Wildman–Crippen LogP) is 2.31. The van der Waals surface area contributed by atoms with Crippen molar-refractivity contribution in [2.45, 2.75) is 26.1 Å². The molecule has 3 nitrogen and oxygen atoms in total. The lowest BCUT2D eigenvalue weighted by molar-refractivity contribution is -0.0105. The molecule has 1 saturated heterocycles. The first-order chi connectivity index (χ1) is 8.10. The fraction of sp³-hybridized carbons (Fsp3) is 0.538. The molecular weight excluding hydrogens is 280 g/mol. The lowest BCUT2D eigenvalue weighted by Gasteiger charge is -2.38. The minimum absolute atomic E-state index is 0.131. The van der Waals surface area contributed by atoms with E-state index in [2.05, 4.69) is 52.9 Å². The summed E-state index contributed by atoms with van der Waals surface area (Å²) in [6.07, 6.45) is 0.359. The highest BCUT2D eigenvalue weighted by molar-refractivity contribution is 9.10. The number of hydrogen-bond donors (Lipinski definition) is 1. The molecule has 2 N–H and O–H groups in total. The maximum absolute atomic E-state index is 5.77. The van der Waals surface area contributed by atoms with E-state index in [4.69, 9.17) is 10.5 Å². The Morgan fingerprint density at radius 1 is 1.47 bits per heavy atom. The fourth-order valence-corrected chi connectivity index (χ4v) is 2.98. The molecule has 4 heteroatoms. The second-order valence-electron chi connectivity index (χ2n) is 4.66. The van der Waals surface area contributed by atoms with Crippen LogP contribution in [0.2, 0.25) is 0 Å². The van der Waals surface area contributed by atoms with E-state index in [9.17, 15) is 0 Å². The molecule has 2 atom stereocenters. The minimum atomic E-state index is 0.131. The average Bonchev–Trinajstić information content (AvgIpc) is 2.28. The van der Waals surface area contributed by atoms with Crippen LogP contribution in [0.5, 0.6) is 0 Å². The van der Waals surface area contributed by atoms with Gasteiger partial charge in [-0.15, -0.1) is 0 Å². The molecule has 1 fully saturated rings. The van der Waals surface area contributed by atoms with Crippen LogP contribution in [0.4, 0.5) is 5.69 Å². The fourth-order valence-electron chi connectivity index (χ4n) is 2.24. The van der Waals surface area contributed by atoms with Gasteiger partial charge >= 0.3 is 0 Å². The van der Waals surface area contributed by atoms with Crippen molar-refractivity contribution in [1.29, 1.82) is 0 Å². The van der Waals surface area contributed by atoms with E-state index < -0.39 is 0 Å². The van der Waals surface area contributed by atoms with Gasteiger partial charge in [-0.3, -0.25) is 0 Å². The van der Waals surface area contributed by atoms with Crippen LogP contribution in [-0.2, 0) is 4.74 Å². The molecule has 1 aromatic carbocycles. The summed E-state index contributed by atoms with van der Waals surface area (Å²) in [5.74, 6) is 0. The summed E-state index contributed by atoms with van der Waals surface area (Å²) in [4.78, 5) is 2.34. The Kier molecular flexibility index (Phi) is 4.07. The third kappa shape index (κ3) is 3.00. The molecule has 0 aromatic heterocycles. The smallest absolute Gasteiger partial charge is 0.0876 e. The first-order valence-electron chi connectivity index (χ1n) is 5.96. The molecule has 0 bridgehead atoms. The SMILES string of the molecule is Cc1ccc(N2CC(C)OC(CN)C2)c(Br)c1. The number of rotatable bonds is 2. The zero-order valence-electron chi connectivity index (χ0n) is 10.3. The monoisotopic (exact) mass is 298 g/mol. The van der Waals surface area contributed by atoms with Crippen LogP contribution in [0, 0.1) is 6.92 Å². The van der Waals surface area contributed by atoms with Gasteiger partial charge in [0.05, 0.1) is 17.9 Å². The normalized spacial score (nSPS) is 25.1. The van der Waals surface area contributed by atoms with Crippen LogP contribution < -0.4 is 10.6 Å². The molecule has 1 aliphatic rings. The van der Waals surface area contributed by atoms with Gasteiger partial charge in [0.25, 0.3) is 0 Å². The summed E-state index contributed by atoms with van der Waals surface area (Å²) in [6, 6.07) is 6.44. The molecule has 0 spiro atoms. The van der Waals surface area contributed by atoms with Crippen LogP contribution in [0.1, 0.15) is 12.5 Å². The first-order valence-corrected chi connectivity index (χ1v) is 6.76. The Bertz CT molecular complexity index is 397. The van der Waals surface area contributed by atoms with Crippen LogP contribution in [0.25, 0.3) is 0 Å². The van der Waals surface area contributed by atoms with E-state index in [0.717, 1.165) is 17.6 Å². The second kappa shape index (κ2) is 5.38. The highest BCUT2D eigenvalue weighted by Gasteiger charge is 2.25. The summed E-state index contributed by atoms with van der Waals surface area (Å²) in [7, 11) is 0. The van der Waals surface area contributed by atoms with Gasteiger partial charge < -0.3 is 15.4 Å². The molecule has 2 unspecified atom stereocenters. The molecule has 94 valence electrons. The highest BCUT2D eigenvalue weighted by Crippen LogP contribution is 2.29. The average molecular weight is 299 g/mol. The molecule has 17 heavy (non-hydrogen) atoms. The number of aryl methyl sites for hydroxylation is 1. The summed E-state index contributed by atoms with van der Waals surface area (Å²) >= 11 is 3.63. The lowest BCUT2D eigenvalue weighted by Crippen LogP contribution is -2.49. The van der Waals surface area contributed by atoms with E-state index in [1.165, 1.54) is 11.3 Å². The van der Waals surface area contributed by atoms with Gasteiger partial charge in [-0.05, 0) is 47.5 Å². The number of hydrogen-bond acceptors (Lipinski definition) is 3. The first kappa shape index (κ1) is 12.9. The number of morpholine rings is 1. The largest absolute Gasteiger partial charge is 0.370 e. The number of nitrogens with two attached hydrogens (primary N) is 1. The van der Waals surface area contributed by atoms with Gasteiger partial charge in [0.1, 0.15) is 0 Å². The summed E-state index contributed by atoms with van der Waals surface area (Å²) < 4.78 is 6.91. The van der Waals surface area contributed by atoms with Crippen molar-refractivity contribution in [3.63, 3.8) is 0 Å². The number of nitrogens with zero attached hydrogens (tertiary/aromatic N) is 1. The van der Waals surface area contributed by atoms with Crippen molar-refractivity contribution < 1.29 is 4.74 Å². The molecule has 0 amide bonds. The van der Waals surface area contributed by atoms with Gasteiger partial charge in [-0.25, -0.2) is 0 Å². The Hall–Kier alpha value is -0.580. The third-order valence-corrected chi connectivity index (χ3v) is 3.67. The van der Waals surface area contributed by atoms with Crippen molar-refractivity contribution >= 4 is 21.6 Å². The molecule has 1 aromatic rings. The maximum Gasteiger partial charge on any atom is 0.0876 e. The van der Waals surface area contributed by atoms with Crippen LogP contribution in [0.15, 0.2) is 22.7 Å². The van der Waals surface area contributed by atoms with Crippen molar-refractivity contribution in [3.8, 4) is 0 Å². The molecule has 2 rings (SSSR count). The van der Waals surface area contributed by atoms with Crippen molar-refractivity contribution in [2.24, 2.45) is 5.73 Å². The number of benzene rings is 1. The molecule has 0 saturated carbocycles. The third-order valence-electron chi connectivity index (χ3n) is 3.03. The zero-order valence-corrected chi connectivity index (χ0v) is 11.9. The molecular formula is C13H19BrN2O. The summed E-state index contributed by atoms with van der Waals surface area (Å²) in [5, 5.41) is 0. The number of halogens is 1. The Morgan fingerprint density at radius 3 is 2.88 bits per heavy atom. The predicted molar refractivity (Wildman–Crippen MR) is 74.5 cm³/mol. The topological polar surface area (TPSA) is 38.5 Å². The standard InChI is InChI=1S/C13H19BrN2O/c1-9-3-4-13(12(14)5-9)16-7-10(2)17-11(6-15)8-16/h3-5,10-11H,6-8,15H2,1-2H3. The van der Waals surface area contributed by atoms with E-state index in [1.807, 2.05) is 0 Å². The Labute approximate surface area is 111 Å². The number of ether oxygens (including phenoxy) is 1. The molecule has 0 radical (unpaired) electrons. The van der Waals surface area contributed by atoms with E-state index in [-0.39, 0.29) is 12.2 Å². The summed E-state index contributed by atoms with van der Waals surface area (Å²) in [6.45, 7) is 6.54. The van der Waals surface area contributed by atoms with Crippen molar-refractivity contribution in [3.05, 3.63) is 28.2 Å². The Balaban J connectivity index is 2.20. The lowest BCUT2D eigenvalue weighted by atomic mass is 10.1. The van der Waals surface area contributed by atoms with E-state index in [1.54, 1.807) is 0 Å². The van der Waals surface area contributed by atoms with Gasteiger partial charge in [-0.1, -0.05) is 6.07 Å². The molecule has 1 aliphatic heterocycles. The number of anilines is 1. The van der Waals surface area contributed by atoms with Gasteiger partial charge in [0.15, 0.2) is 0 Å². The van der Waals surface area contributed by atoms with Gasteiger partial charge in [0, 0.05) is 24.1 Å². The molecule has 1 heterocycles. The summed E-state index contributed by atoms with van der Waals surface area (Å²) in [5.41, 5.74) is 8.19. The van der Waals surface area contributed by atoms with Gasteiger partial charge in [0.2, 0.25) is 0 Å². The second-order valence-corrected chi connectivity index (χ2v) is 5.52. The van der Waals surface area contributed by atoms with E-state index >= 15 is 0 Å². The van der Waals surface area contributed by atoms with Crippen molar-refractivity contribution in [2.75, 3.05) is 24.5 Å². The van der Waals surface area contributed by atoms with Crippen molar-refractivity contribution in [1.82, 2.24) is 0 Å². The zero-order chi connectivity index (χ0) is 12.4. The van der Waals surface area contributed by atoms with Crippen LogP contribution >= 0.6 is 15.9 Å². The molecule has 0 aliphatic carbocycles. The van der Waals surface area contributed by atoms with Gasteiger partial charge in [-0.2, -0.15) is 0 Å². The quantitative estimate of drug-likeness (QED) is 0.911. The van der Waals surface area contributed by atoms with E-state index in [0.29, 0.717) is 6.54 Å². The maximum atomic E-state index is 5.77. The van der Waals surface area contributed by atoms with Crippen LogP contribution in [0.3, 0.4) is 0 Å². The van der Waals surface area contributed by atoms with Crippen LogP contribution in [-0.4, -0.2) is 31.8 Å². The Morgan fingerprint density at radius 2 is 2.24 bits per heavy atom. The highest BCUT2D eigenvalue weighted by atomic mass is 79.9. The minimum Gasteiger partial charge on any atom is -0.370 e.